The molecular weight excluding hydrogens is 390 g/mol. The lowest BCUT2D eigenvalue weighted by Gasteiger charge is -2.20. The molecule has 1 aromatic rings. The van der Waals surface area contributed by atoms with Crippen LogP contribution in [0.4, 0.5) is 5.69 Å². The lowest BCUT2D eigenvalue weighted by molar-refractivity contribution is 0.496. The van der Waals surface area contributed by atoms with Crippen LogP contribution < -0.4 is 16.1 Å². The van der Waals surface area contributed by atoms with E-state index in [0.717, 1.165) is 30.1 Å². The van der Waals surface area contributed by atoms with Crippen LogP contribution in [0.1, 0.15) is 53.4 Å². The minimum atomic E-state index is -0.100. The second-order valence-electron chi connectivity index (χ2n) is 6.78. The van der Waals surface area contributed by atoms with Gasteiger partial charge in [0.1, 0.15) is 0 Å². The fourth-order valence-electron chi connectivity index (χ4n) is 2.84. The maximum absolute atomic E-state index is 9.19. The van der Waals surface area contributed by atoms with Crippen LogP contribution >= 0.6 is 11.8 Å². The van der Waals surface area contributed by atoms with Gasteiger partial charge in [-0.15, -0.1) is 11.8 Å². The normalized spacial score (nSPS) is 13.5. The first-order chi connectivity index (χ1) is 14.5. The second kappa shape index (κ2) is 17.8. The molecule has 30 heavy (non-hydrogen) atoms. The fraction of sp³-hybridized carbons (Fsp3) is 0.500. The van der Waals surface area contributed by atoms with Crippen molar-refractivity contribution in [2.24, 2.45) is 16.8 Å². The third kappa shape index (κ3) is 11.2. The quantitative estimate of drug-likeness (QED) is 0.232. The minimum Gasteiger partial charge on any atom is -0.333 e. The van der Waals surface area contributed by atoms with E-state index in [2.05, 4.69) is 54.9 Å². The van der Waals surface area contributed by atoms with E-state index < -0.39 is 0 Å². The molecule has 0 saturated carbocycles. The van der Waals surface area contributed by atoms with Gasteiger partial charge in [0.2, 0.25) is 0 Å². The SMILES string of the molecule is C=NN(/C(C)=C/C/C(=C/C(C)C#N)SCNC(CC)CCC)c1ccccc1.CN. The molecule has 0 aliphatic rings. The summed E-state index contributed by atoms with van der Waals surface area (Å²) in [6, 6.07) is 12.8. The molecule has 0 bridgehead atoms. The number of nitriles is 1. The van der Waals surface area contributed by atoms with Gasteiger partial charge in [0, 0.05) is 24.3 Å². The van der Waals surface area contributed by atoms with E-state index in [4.69, 9.17) is 0 Å². The molecule has 2 unspecified atom stereocenters. The Morgan fingerprint density at radius 3 is 2.53 bits per heavy atom. The molecule has 0 amide bonds. The smallest absolute Gasteiger partial charge is 0.0694 e. The topological polar surface area (TPSA) is 77.4 Å². The molecule has 0 saturated heterocycles. The molecule has 6 heteroatoms. The lowest BCUT2D eigenvalue weighted by atomic mass is 10.1. The van der Waals surface area contributed by atoms with Gasteiger partial charge in [0.15, 0.2) is 0 Å². The number of anilines is 1. The Labute approximate surface area is 188 Å². The average Bonchev–Trinajstić information content (AvgIpc) is 2.79. The van der Waals surface area contributed by atoms with Gasteiger partial charge in [0.05, 0.1) is 17.7 Å². The highest BCUT2D eigenvalue weighted by Gasteiger charge is 2.08. The van der Waals surface area contributed by atoms with Crippen LogP contribution in [-0.2, 0) is 0 Å². The number of nitrogens with two attached hydrogens (primary N) is 1. The maximum Gasteiger partial charge on any atom is 0.0694 e. The highest BCUT2D eigenvalue weighted by molar-refractivity contribution is 8.03. The van der Waals surface area contributed by atoms with Gasteiger partial charge in [-0.1, -0.05) is 50.6 Å². The van der Waals surface area contributed by atoms with E-state index in [9.17, 15) is 5.26 Å². The highest BCUT2D eigenvalue weighted by atomic mass is 32.2. The summed E-state index contributed by atoms with van der Waals surface area (Å²) in [5.74, 6) is 0.758. The third-order valence-electron chi connectivity index (χ3n) is 4.47. The molecule has 166 valence electrons. The summed E-state index contributed by atoms with van der Waals surface area (Å²) in [6.45, 7) is 12.1. The number of thioether (sulfide) groups is 1. The summed E-state index contributed by atoms with van der Waals surface area (Å²) in [4.78, 5) is 1.20. The average molecular weight is 430 g/mol. The zero-order valence-electron chi connectivity index (χ0n) is 19.3. The monoisotopic (exact) mass is 429 g/mol. The van der Waals surface area contributed by atoms with E-state index in [1.54, 1.807) is 11.8 Å². The Morgan fingerprint density at radius 1 is 1.33 bits per heavy atom. The molecule has 0 spiro atoms. The van der Waals surface area contributed by atoms with Crippen LogP contribution in [0.3, 0.4) is 0 Å². The number of nitrogens with one attached hydrogen (secondary N) is 1. The zero-order valence-corrected chi connectivity index (χ0v) is 20.1. The number of para-hydroxylation sites is 1. The van der Waals surface area contributed by atoms with Crippen LogP contribution in [0.2, 0.25) is 0 Å². The van der Waals surface area contributed by atoms with Crippen molar-refractivity contribution in [1.82, 2.24) is 5.32 Å². The van der Waals surface area contributed by atoms with E-state index in [0.29, 0.717) is 6.04 Å². The van der Waals surface area contributed by atoms with Crippen molar-refractivity contribution in [1.29, 1.82) is 5.26 Å². The van der Waals surface area contributed by atoms with Crippen molar-refractivity contribution in [3.8, 4) is 6.07 Å². The molecule has 0 radical (unpaired) electrons. The highest BCUT2D eigenvalue weighted by Crippen LogP contribution is 2.25. The summed E-state index contributed by atoms with van der Waals surface area (Å²) in [5.41, 5.74) is 6.50. The Bertz CT molecular complexity index is 679. The summed E-state index contributed by atoms with van der Waals surface area (Å²) in [6.07, 6.45) is 8.50. The Kier molecular flexibility index (Phi) is 16.5. The molecule has 2 atom stereocenters. The number of rotatable bonds is 13. The van der Waals surface area contributed by atoms with E-state index in [-0.39, 0.29) is 5.92 Å². The number of benzene rings is 1. The van der Waals surface area contributed by atoms with Gasteiger partial charge in [-0.3, -0.25) is 0 Å². The Morgan fingerprint density at radius 2 is 2.00 bits per heavy atom. The lowest BCUT2D eigenvalue weighted by Crippen LogP contribution is -2.27. The summed E-state index contributed by atoms with van der Waals surface area (Å²) in [5, 5.41) is 18.8. The number of allylic oxidation sites excluding steroid dienone is 4. The minimum absolute atomic E-state index is 0.100. The van der Waals surface area contributed by atoms with Crippen LogP contribution in [-0.4, -0.2) is 25.7 Å². The van der Waals surface area contributed by atoms with Crippen molar-refractivity contribution < 1.29 is 0 Å². The molecule has 1 rings (SSSR count). The van der Waals surface area contributed by atoms with Crippen molar-refractivity contribution in [3.05, 3.63) is 53.1 Å². The van der Waals surface area contributed by atoms with Gasteiger partial charge >= 0.3 is 0 Å². The first-order valence-corrected chi connectivity index (χ1v) is 11.6. The molecule has 0 aliphatic heterocycles. The predicted octanol–water partition coefficient (Wildman–Crippen LogP) is 5.88. The number of nitrogens with zero attached hydrogens (tertiary/aromatic N) is 3. The van der Waals surface area contributed by atoms with Crippen molar-refractivity contribution in [2.75, 3.05) is 17.9 Å². The number of hydrogen-bond acceptors (Lipinski definition) is 6. The number of hydrazone groups is 1. The second-order valence-corrected chi connectivity index (χ2v) is 7.88. The largest absolute Gasteiger partial charge is 0.333 e. The third-order valence-corrected chi connectivity index (χ3v) is 5.46. The summed E-state index contributed by atoms with van der Waals surface area (Å²) >= 11 is 1.78. The maximum atomic E-state index is 9.19. The van der Waals surface area contributed by atoms with E-state index in [1.165, 1.54) is 24.8 Å². The van der Waals surface area contributed by atoms with Gasteiger partial charge in [0.25, 0.3) is 0 Å². The molecule has 0 aromatic heterocycles. The van der Waals surface area contributed by atoms with Crippen LogP contribution in [0, 0.1) is 17.2 Å². The zero-order chi connectivity index (χ0) is 22.8. The Hall–Kier alpha value is -2.07. The summed E-state index contributed by atoms with van der Waals surface area (Å²) < 4.78 is 0. The molecule has 0 fully saturated rings. The molecule has 1 aromatic carbocycles. The molecule has 0 aliphatic carbocycles. The first-order valence-electron chi connectivity index (χ1n) is 10.6. The van der Waals surface area contributed by atoms with Gasteiger partial charge < -0.3 is 11.1 Å². The van der Waals surface area contributed by atoms with Crippen LogP contribution in [0.25, 0.3) is 0 Å². The van der Waals surface area contributed by atoms with Crippen LogP contribution in [0.5, 0.6) is 0 Å². The van der Waals surface area contributed by atoms with Crippen molar-refractivity contribution >= 4 is 24.2 Å². The van der Waals surface area contributed by atoms with E-state index >= 15 is 0 Å². The fourth-order valence-corrected chi connectivity index (χ4v) is 3.85. The molecule has 3 N–H and O–H groups in total. The standard InChI is InChI=1S/C23H34N4S.CH5N/c1-6-11-21(7-2)26-18-28-23(16-19(3)17-24)15-14-20(4)27(25-5)22-12-9-8-10-13-22;1-2/h8-10,12-14,16,19,21,26H,5-7,11,15,18H2,1-4H3;2H2,1H3/b20-14+,23-16-;. The summed E-state index contributed by atoms with van der Waals surface area (Å²) in [7, 11) is 1.50. The first kappa shape index (κ1) is 27.9. The van der Waals surface area contributed by atoms with Crippen LogP contribution in [0.15, 0.2) is 58.2 Å². The molecule has 0 heterocycles. The molecule has 5 nitrogen and oxygen atoms in total. The van der Waals surface area contributed by atoms with Crippen molar-refractivity contribution in [2.45, 2.75) is 59.4 Å². The van der Waals surface area contributed by atoms with Gasteiger partial charge in [-0.05, 0) is 57.2 Å². The molecular formula is C24H39N5S. The van der Waals surface area contributed by atoms with E-state index in [1.807, 2.05) is 49.2 Å². The van der Waals surface area contributed by atoms with Gasteiger partial charge in [-0.2, -0.15) is 10.4 Å². The predicted molar refractivity (Wildman–Crippen MR) is 134 cm³/mol. The van der Waals surface area contributed by atoms with Gasteiger partial charge in [-0.25, -0.2) is 5.01 Å². The Balaban J connectivity index is 0.00000407. The number of hydrogen-bond donors (Lipinski definition) is 2. The van der Waals surface area contributed by atoms with Crippen molar-refractivity contribution in [3.63, 3.8) is 0 Å².